The molecule has 0 unspecified atom stereocenters. The van der Waals surface area contributed by atoms with Crippen molar-refractivity contribution in [3.8, 4) is 11.5 Å². The molecule has 1 aliphatic rings. The number of nitro benzene ring substituents is 1. The molecule has 10 heteroatoms. The fourth-order valence-electron chi connectivity index (χ4n) is 2.73. The summed E-state index contributed by atoms with van der Waals surface area (Å²) in [5.74, 6) is -1.40. The monoisotopic (exact) mass is 393 g/mol. The van der Waals surface area contributed by atoms with Crippen molar-refractivity contribution in [2.75, 3.05) is 6.61 Å². The van der Waals surface area contributed by atoms with Gasteiger partial charge in [-0.25, -0.2) is 9.59 Å². The van der Waals surface area contributed by atoms with Gasteiger partial charge in [-0.2, -0.15) is 0 Å². The minimum Gasteiger partial charge on any atom is -0.500 e. The Balaban J connectivity index is 2.58. The number of carbonyl (C=O) groups is 2. The van der Waals surface area contributed by atoms with Crippen molar-refractivity contribution in [1.82, 2.24) is 10.6 Å². The van der Waals surface area contributed by atoms with Crippen LogP contribution in [-0.4, -0.2) is 34.7 Å². The molecule has 0 aromatic heterocycles. The number of phenols is 1. The Morgan fingerprint density at radius 3 is 2.64 bits per heavy atom. The number of nitro groups is 1. The maximum Gasteiger partial charge on any atom is 0.338 e. The molecule has 0 radical (unpaired) electrons. The zero-order valence-electron chi connectivity index (χ0n) is 16.1. The Morgan fingerprint density at radius 2 is 2.07 bits per heavy atom. The number of esters is 1. The molecule has 2 atom stereocenters. The number of aromatic hydroxyl groups is 1. The van der Waals surface area contributed by atoms with Crippen LogP contribution in [0.25, 0.3) is 0 Å². The van der Waals surface area contributed by atoms with Crippen molar-refractivity contribution < 1.29 is 29.1 Å². The third-order valence-electron chi connectivity index (χ3n) is 4.28. The van der Waals surface area contributed by atoms with E-state index in [1.54, 1.807) is 13.8 Å². The summed E-state index contributed by atoms with van der Waals surface area (Å²) in [5.41, 5.74) is -0.00245. The number of hydrogen-bond acceptors (Lipinski definition) is 7. The summed E-state index contributed by atoms with van der Waals surface area (Å²) in [7, 11) is 0. The molecule has 3 N–H and O–H groups in total. The van der Waals surface area contributed by atoms with Crippen LogP contribution < -0.4 is 15.4 Å². The molecule has 28 heavy (non-hydrogen) atoms. The van der Waals surface area contributed by atoms with E-state index < -0.39 is 34.4 Å². The highest BCUT2D eigenvalue weighted by atomic mass is 16.6. The van der Waals surface area contributed by atoms with Crippen LogP contribution in [0.15, 0.2) is 23.4 Å². The molecular weight excluding hydrogens is 370 g/mol. The lowest BCUT2D eigenvalue weighted by atomic mass is 9.94. The lowest BCUT2D eigenvalue weighted by Gasteiger charge is -2.29. The van der Waals surface area contributed by atoms with Crippen LogP contribution in [0.3, 0.4) is 0 Å². The van der Waals surface area contributed by atoms with Crippen molar-refractivity contribution in [3.63, 3.8) is 0 Å². The zero-order chi connectivity index (χ0) is 21.0. The minimum absolute atomic E-state index is 0.113. The van der Waals surface area contributed by atoms with Crippen LogP contribution in [0, 0.1) is 10.1 Å². The summed E-state index contributed by atoms with van der Waals surface area (Å²) in [4.78, 5) is 35.2. The summed E-state index contributed by atoms with van der Waals surface area (Å²) < 4.78 is 10.6. The quantitative estimate of drug-likeness (QED) is 0.367. The second kappa shape index (κ2) is 8.59. The molecule has 0 bridgehead atoms. The summed E-state index contributed by atoms with van der Waals surface area (Å²) in [6.07, 6.45) is 0.251. The number of carbonyl (C=O) groups excluding carboxylic acids is 2. The fraction of sp³-hybridized carbons (Fsp3) is 0.444. The Labute approximate surface area is 161 Å². The van der Waals surface area contributed by atoms with Crippen molar-refractivity contribution in [3.05, 3.63) is 39.1 Å². The van der Waals surface area contributed by atoms with Gasteiger partial charge in [0.2, 0.25) is 5.75 Å². The van der Waals surface area contributed by atoms with Crippen molar-refractivity contribution in [1.29, 1.82) is 0 Å². The molecule has 0 saturated heterocycles. The van der Waals surface area contributed by atoms with E-state index in [0.717, 1.165) is 6.07 Å². The number of nitrogens with zero attached hydrogens (tertiary/aromatic N) is 1. The number of phenolic OH excluding ortho intramolecular Hbond substituents is 1. The summed E-state index contributed by atoms with van der Waals surface area (Å²) >= 11 is 0. The fourth-order valence-corrected chi connectivity index (χ4v) is 2.73. The SMILES string of the molecule is CCOc1cc([C@@H]2NC(=O)NC(C)=C2C(=O)O[C@@H](C)CC)cc([N+](=O)[O-])c1O. The lowest BCUT2D eigenvalue weighted by Crippen LogP contribution is -2.45. The highest BCUT2D eigenvalue weighted by Gasteiger charge is 2.35. The number of nitrogens with one attached hydrogen (secondary N) is 2. The Morgan fingerprint density at radius 1 is 1.39 bits per heavy atom. The first-order valence-electron chi connectivity index (χ1n) is 8.82. The van der Waals surface area contributed by atoms with E-state index in [0.29, 0.717) is 6.42 Å². The molecule has 10 nitrogen and oxygen atoms in total. The van der Waals surface area contributed by atoms with E-state index in [-0.39, 0.29) is 35.3 Å². The first-order valence-corrected chi connectivity index (χ1v) is 8.82. The third-order valence-corrected chi connectivity index (χ3v) is 4.28. The Kier molecular flexibility index (Phi) is 6.45. The van der Waals surface area contributed by atoms with Crippen LogP contribution >= 0.6 is 0 Å². The van der Waals surface area contributed by atoms with Crippen molar-refractivity contribution in [2.45, 2.75) is 46.3 Å². The standard InChI is InChI=1S/C18H23N3O7/c1-5-9(3)28-17(23)14-10(4)19-18(24)20-15(14)11-7-12(21(25)26)16(22)13(8-11)27-6-2/h7-9,15,22H,5-6H2,1-4H3,(H2,19,20,24)/t9-,15-/m0/s1. The molecule has 2 rings (SSSR count). The van der Waals surface area contributed by atoms with Gasteiger partial charge in [-0.1, -0.05) is 6.92 Å². The molecule has 152 valence electrons. The van der Waals surface area contributed by atoms with E-state index in [9.17, 15) is 24.8 Å². The Bertz CT molecular complexity index is 835. The number of ether oxygens (including phenoxy) is 2. The van der Waals surface area contributed by atoms with E-state index >= 15 is 0 Å². The average Bonchev–Trinajstić information content (AvgIpc) is 2.62. The molecule has 1 aliphatic heterocycles. The minimum atomic E-state index is -1.01. The second-order valence-electron chi connectivity index (χ2n) is 6.27. The smallest absolute Gasteiger partial charge is 0.338 e. The molecule has 0 aliphatic carbocycles. The highest BCUT2D eigenvalue weighted by molar-refractivity contribution is 5.95. The zero-order valence-corrected chi connectivity index (χ0v) is 16.1. The van der Waals surface area contributed by atoms with Gasteiger partial charge in [0.05, 0.1) is 29.2 Å². The van der Waals surface area contributed by atoms with Gasteiger partial charge in [-0.15, -0.1) is 0 Å². The van der Waals surface area contributed by atoms with Crippen molar-refractivity contribution >= 4 is 17.7 Å². The highest BCUT2D eigenvalue weighted by Crippen LogP contribution is 2.40. The van der Waals surface area contributed by atoms with Crippen molar-refractivity contribution in [2.24, 2.45) is 0 Å². The van der Waals surface area contributed by atoms with E-state index in [1.165, 1.54) is 13.0 Å². The van der Waals surface area contributed by atoms with Crippen LogP contribution in [0.2, 0.25) is 0 Å². The van der Waals surface area contributed by atoms with Gasteiger partial charge in [-0.3, -0.25) is 10.1 Å². The van der Waals surface area contributed by atoms with Gasteiger partial charge in [-0.05, 0) is 38.8 Å². The van der Waals surface area contributed by atoms with Crippen LogP contribution in [-0.2, 0) is 9.53 Å². The molecule has 2 amide bonds. The van der Waals surface area contributed by atoms with E-state index in [4.69, 9.17) is 9.47 Å². The third kappa shape index (κ3) is 4.33. The number of rotatable bonds is 7. The molecular formula is C18H23N3O7. The number of hydrogen-bond donors (Lipinski definition) is 3. The molecule has 0 spiro atoms. The predicted molar refractivity (Wildman–Crippen MR) is 98.9 cm³/mol. The maximum absolute atomic E-state index is 12.7. The summed E-state index contributed by atoms with van der Waals surface area (Å²) in [5, 5.41) is 26.5. The molecule has 0 fully saturated rings. The first kappa shape index (κ1) is 21.0. The average molecular weight is 393 g/mol. The largest absolute Gasteiger partial charge is 0.500 e. The molecule has 0 saturated carbocycles. The van der Waals surface area contributed by atoms with Gasteiger partial charge in [0, 0.05) is 11.8 Å². The first-order chi connectivity index (χ1) is 13.2. The maximum atomic E-state index is 12.7. The topological polar surface area (TPSA) is 140 Å². The van der Waals surface area contributed by atoms with Crippen LogP contribution in [0.5, 0.6) is 11.5 Å². The number of urea groups is 1. The predicted octanol–water partition coefficient (Wildman–Crippen LogP) is 2.67. The molecule has 1 heterocycles. The summed E-state index contributed by atoms with van der Waals surface area (Å²) in [6, 6.07) is 0.865. The molecule has 1 aromatic rings. The molecule has 1 aromatic carbocycles. The van der Waals surface area contributed by atoms with Crippen LogP contribution in [0.4, 0.5) is 10.5 Å². The van der Waals surface area contributed by atoms with E-state index in [1.807, 2.05) is 6.92 Å². The number of benzene rings is 1. The number of allylic oxidation sites excluding steroid dienone is 1. The van der Waals surface area contributed by atoms with Gasteiger partial charge < -0.3 is 25.2 Å². The normalized spacial score (nSPS) is 17.4. The lowest BCUT2D eigenvalue weighted by molar-refractivity contribution is -0.386. The van der Waals surface area contributed by atoms with Gasteiger partial charge in [0.1, 0.15) is 0 Å². The van der Waals surface area contributed by atoms with Gasteiger partial charge in [0.25, 0.3) is 0 Å². The van der Waals surface area contributed by atoms with E-state index in [2.05, 4.69) is 10.6 Å². The summed E-state index contributed by atoms with van der Waals surface area (Å²) in [6.45, 7) is 6.94. The number of amides is 2. The second-order valence-corrected chi connectivity index (χ2v) is 6.27. The van der Waals surface area contributed by atoms with Gasteiger partial charge in [0.15, 0.2) is 5.75 Å². The van der Waals surface area contributed by atoms with Crippen LogP contribution in [0.1, 0.15) is 45.7 Å². The Hall–Kier alpha value is -3.30. The van der Waals surface area contributed by atoms with Gasteiger partial charge >= 0.3 is 17.7 Å².